The van der Waals surface area contributed by atoms with Crippen LogP contribution in [0.3, 0.4) is 0 Å². The van der Waals surface area contributed by atoms with Crippen molar-refractivity contribution in [2.24, 2.45) is 0 Å². The molecule has 4 rings (SSSR count). The Morgan fingerprint density at radius 1 is 0.941 bits per heavy atom. The zero-order valence-corrected chi connectivity index (χ0v) is 19.8. The quantitative estimate of drug-likeness (QED) is 0.603. The van der Waals surface area contributed by atoms with Gasteiger partial charge in [-0.2, -0.15) is 5.26 Å². The highest BCUT2D eigenvalue weighted by molar-refractivity contribution is 7.92. The molecule has 0 radical (unpaired) electrons. The molecule has 0 atom stereocenters. The molecule has 0 bridgehead atoms. The third kappa shape index (κ3) is 5.38. The Balaban J connectivity index is 1.47. The molecule has 3 aromatic carbocycles. The number of nitriles is 1. The maximum absolute atomic E-state index is 13.2. The number of hydrogen-bond acceptors (Lipinski definition) is 5. The maximum Gasteiger partial charge on any atom is 0.261 e. The Kier molecular flexibility index (Phi) is 6.85. The van der Waals surface area contributed by atoms with Gasteiger partial charge >= 0.3 is 0 Å². The number of carbonyl (C=O) groups excluding carboxylic acids is 1. The molecule has 7 nitrogen and oxygen atoms in total. The Morgan fingerprint density at radius 2 is 1.71 bits per heavy atom. The normalized spacial score (nSPS) is 14.2. The predicted octanol–water partition coefficient (Wildman–Crippen LogP) is 4.02. The molecule has 174 valence electrons. The van der Waals surface area contributed by atoms with Gasteiger partial charge in [0, 0.05) is 43.1 Å². The lowest BCUT2D eigenvalue weighted by atomic mass is 10.2. The molecule has 1 N–H and O–H groups in total. The molecule has 1 saturated heterocycles. The van der Waals surface area contributed by atoms with Gasteiger partial charge in [-0.15, -0.1) is 0 Å². The summed E-state index contributed by atoms with van der Waals surface area (Å²) >= 11 is 0. The van der Waals surface area contributed by atoms with Crippen molar-refractivity contribution in [1.82, 2.24) is 4.90 Å². The van der Waals surface area contributed by atoms with Gasteiger partial charge in [0.2, 0.25) is 0 Å². The molecule has 34 heavy (non-hydrogen) atoms. The highest BCUT2D eigenvalue weighted by Gasteiger charge is 2.22. The van der Waals surface area contributed by atoms with Crippen LogP contribution >= 0.6 is 0 Å². The fourth-order valence-corrected chi connectivity index (χ4v) is 5.12. The van der Waals surface area contributed by atoms with Crippen LogP contribution in [0.4, 0.5) is 11.4 Å². The average Bonchev–Trinajstić information content (AvgIpc) is 3.10. The summed E-state index contributed by atoms with van der Waals surface area (Å²) in [5.74, 6) is -0.186. The van der Waals surface area contributed by atoms with Crippen molar-refractivity contribution in [2.45, 2.75) is 18.2 Å². The van der Waals surface area contributed by atoms with Gasteiger partial charge in [0.15, 0.2) is 0 Å². The molecule has 1 fully saturated rings. The van der Waals surface area contributed by atoms with Gasteiger partial charge in [-0.3, -0.25) is 9.52 Å². The van der Waals surface area contributed by atoms with E-state index in [1.165, 1.54) is 12.1 Å². The van der Waals surface area contributed by atoms with Gasteiger partial charge in [-0.1, -0.05) is 18.2 Å². The fourth-order valence-electron chi connectivity index (χ4n) is 4.03. The highest BCUT2D eigenvalue weighted by Crippen LogP contribution is 2.21. The molecule has 3 aromatic rings. The predicted molar refractivity (Wildman–Crippen MR) is 132 cm³/mol. The van der Waals surface area contributed by atoms with Gasteiger partial charge in [0.25, 0.3) is 15.9 Å². The Morgan fingerprint density at radius 3 is 2.44 bits per heavy atom. The number of benzene rings is 3. The largest absolute Gasteiger partial charge is 0.370 e. The second-order valence-corrected chi connectivity index (χ2v) is 9.98. The van der Waals surface area contributed by atoms with E-state index in [1.807, 2.05) is 25.1 Å². The van der Waals surface area contributed by atoms with Crippen LogP contribution in [0.25, 0.3) is 0 Å². The maximum atomic E-state index is 13.2. The number of amides is 1. The number of anilines is 2. The number of aryl methyl sites for hydroxylation is 1. The minimum Gasteiger partial charge on any atom is -0.370 e. The molecule has 1 aliphatic heterocycles. The molecule has 0 aromatic heterocycles. The zero-order chi connectivity index (χ0) is 24.1. The fraction of sp³-hybridized carbons (Fsp3) is 0.231. The molecular formula is C26H26N4O3S. The van der Waals surface area contributed by atoms with Gasteiger partial charge < -0.3 is 9.80 Å². The molecule has 0 aliphatic carbocycles. The van der Waals surface area contributed by atoms with Gasteiger partial charge in [-0.25, -0.2) is 8.42 Å². The van der Waals surface area contributed by atoms with E-state index in [0.717, 1.165) is 24.2 Å². The minimum absolute atomic E-state index is 0.0499. The van der Waals surface area contributed by atoms with E-state index in [0.29, 0.717) is 36.4 Å². The molecule has 1 heterocycles. The van der Waals surface area contributed by atoms with E-state index in [-0.39, 0.29) is 10.8 Å². The smallest absolute Gasteiger partial charge is 0.261 e. The van der Waals surface area contributed by atoms with Crippen molar-refractivity contribution in [3.63, 3.8) is 0 Å². The Bertz CT molecular complexity index is 1330. The summed E-state index contributed by atoms with van der Waals surface area (Å²) in [6.07, 6.45) is 0.790. The number of sulfonamides is 1. The van der Waals surface area contributed by atoms with Crippen molar-refractivity contribution in [3.8, 4) is 6.07 Å². The number of nitrogens with one attached hydrogen (secondary N) is 1. The Labute approximate surface area is 200 Å². The van der Waals surface area contributed by atoms with Crippen LogP contribution in [0, 0.1) is 18.3 Å². The van der Waals surface area contributed by atoms with E-state index in [9.17, 15) is 13.2 Å². The van der Waals surface area contributed by atoms with E-state index >= 15 is 0 Å². The van der Waals surface area contributed by atoms with Crippen molar-refractivity contribution < 1.29 is 13.2 Å². The summed E-state index contributed by atoms with van der Waals surface area (Å²) in [5.41, 5.74) is 3.40. The number of hydrogen-bond donors (Lipinski definition) is 1. The molecule has 0 unspecified atom stereocenters. The van der Waals surface area contributed by atoms with Crippen LogP contribution in [-0.4, -0.2) is 45.4 Å². The SMILES string of the molecule is Cc1cccc(NS(=O)(=O)c2cccc(C(=O)N3CCCN(c4ccc(C#N)cc4)CC3)c2)c1. The first kappa shape index (κ1) is 23.3. The lowest BCUT2D eigenvalue weighted by Gasteiger charge is -2.24. The van der Waals surface area contributed by atoms with Crippen LogP contribution < -0.4 is 9.62 Å². The first-order chi connectivity index (χ1) is 16.4. The van der Waals surface area contributed by atoms with Crippen LogP contribution in [-0.2, 0) is 10.0 Å². The van der Waals surface area contributed by atoms with Crippen LogP contribution in [0.5, 0.6) is 0 Å². The van der Waals surface area contributed by atoms with Crippen LogP contribution in [0.2, 0.25) is 0 Å². The molecule has 0 spiro atoms. The van der Waals surface area contributed by atoms with E-state index in [1.54, 1.807) is 47.4 Å². The summed E-state index contributed by atoms with van der Waals surface area (Å²) < 4.78 is 28.4. The first-order valence-corrected chi connectivity index (χ1v) is 12.6. The summed E-state index contributed by atoms with van der Waals surface area (Å²) in [5, 5.41) is 8.99. The molecule has 8 heteroatoms. The van der Waals surface area contributed by atoms with E-state index in [2.05, 4.69) is 15.7 Å². The highest BCUT2D eigenvalue weighted by atomic mass is 32.2. The van der Waals surface area contributed by atoms with Crippen molar-refractivity contribution in [2.75, 3.05) is 35.8 Å². The number of carbonyl (C=O) groups is 1. The zero-order valence-electron chi connectivity index (χ0n) is 18.9. The van der Waals surface area contributed by atoms with E-state index in [4.69, 9.17) is 5.26 Å². The lowest BCUT2D eigenvalue weighted by Crippen LogP contribution is -2.35. The summed E-state index contributed by atoms with van der Waals surface area (Å²) in [4.78, 5) is 17.2. The molecular weight excluding hydrogens is 448 g/mol. The molecule has 0 saturated carbocycles. The minimum atomic E-state index is -3.83. The van der Waals surface area contributed by atoms with Gasteiger partial charge in [-0.05, 0) is 73.5 Å². The monoisotopic (exact) mass is 474 g/mol. The van der Waals surface area contributed by atoms with Crippen molar-refractivity contribution in [3.05, 3.63) is 89.5 Å². The standard InChI is InChI=1S/C26H26N4O3S/c1-20-5-2-7-23(17-20)28-34(32,33)25-8-3-6-22(18-25)26(31)30-14-4-13-29(15-16-30)24-11-9-21(19-27)10-12-24/h2-3,5-12,17-18,28H,4,13-16H2,1H3. The molecule has 1 aliphatic rings. The second-order valence-electron chi connectivity index (χ2n) is 8.29. The van der Waals surface area contributed by atoms with E-state index < -0.39 is 10.0 Å². The third-order valence-corrected chi connectivity index (χ3v) is 7.19. The summed E-state index contributed by atoms with van der Waals surface area (Å²) in [6, 6.07) is 22.8. The van der Waals surface area contributed by atoms with Crippen LogP contribution in [0.1, 0.15) is 27.9 Å². The van der Waals surface area contributed by atoms with Crippen LogP contribution in [0.15, 0.2) is 77.7 Å². The topological polar surface area (TPSA) is 93.5 Å². The number of rotatable bonds is 5. The summed E-state index contributed by atoms with van der Waals surface area (Å²) in [7, 11) is -3.83. The van der Waals surface area contributed by atoms with Crippen molar-refractivity contribution in [1.29, 1.82) is 5.26 Å². The number of nitrogens with zero attached hydrogens (tertiary/aromatic N) is 3. The molecule has 1 amide bonds. The van der Waals surface area contributed by atoms with Crippen molar-refractivity contribution >= 4 is 27.3 Å². The lowest BCUT2D eigenvalue weighted by molar-refractivity contribution is 0.0767. The first-order valence-electron chi connectivity index (χ1n) is 11.1. The average molecular weight is 475 g/mol. The summed E-state index contributed by atoms with van der Waals surface area (Å²) in [6.45, 7) is 4.46. The Hall–Kier alpha value is -3.83. The van der Waals surface area contributed by atoms with Gasteiger partial charge in [0.1, 0.15) is 0 Å². The van der Waals surface area contributed by atoms with Gasteiger partial charge in [0.05, 0.1) is 16.5 Å². The second kappa shape index (κ2) is 9.98. The third-order valence-electron chi connectivity index (χ3n) is 5.81.